The Bertz CT molecular complexity index is 777. The first kappa shape index (κ1) is 23.3. The summed E-state index contributed by atoms with van der Waals surface area (Å²) in [5.41, 5.74) is 0.374. The van der Waals surface area contributed by atoms with Gasteiger partial charge in [0.1, 0.15) is 0 Å². The van der Waals surface area contributed by atoms with Gasteiger partial charge in [0.15, 0.2) is 0 Å². The van der Waals surface area contributed by atoms with E-state index in [-0.39, 0.29) is 35.9 Å². The van der Waals surface area contributed by atoms with Crippen LogP contribution in [0, 0.1) is 5.41 Å². The van der Waals surface area contributed by atoms with Gasteiger partial charge in [-0.15, -0.1) is 0 Å². The maximum Gasteiger partial charge on any atom is 0.290 e. The van der Waals surface area contributed by atoms with Gasteiger partial charge >= 0.3 is 0 Å². The third-order valence-corrected chi connectivity index (χ3v) is 7.28. The molecule has 2 bridgehead atoms. The second-order valence-electron chi connectivity index (χ2n) is 9.18. The molecule has 3 aliphatic rings. The zero-order valence-electron chi connectivity index (χ0n) is 18.5. The quantitative estimate of drug-likeness (QED) is 0.677. The van der Waals surface area contributed by atoms with E-state index in [1.807, 2.05) is 23.1 Å². The molecule has 7 heteroatoms. The van der Waals surface area contributed by atoms with Crippen LogP contribution < -0.4 is 5.32 Å². The van der Waals surface area contributed by atoms with Crippen LogP contribution in [0.5, 0.6) is 0 Å². The number of carboxylic acid groups (broad SMARTS) is 1. The van der Waals surface area contributed by atoms with Gasteiger partial charge in [0.05, 0.1) is 17.6 Å². The Morgan fingerprint density at radius 3 is 2.42 bits per heavy atom. The molecule has 1 saturated carbocycles. The molecule has 0 spiro atoms. The van der Waals surface area contributed by atoms with Crippen molar-refractivity contribution in [2.24, 2.45) is 5.41 Å². The van der Waals surface area contributed by atoms with Crippen molar-refractivity contribution in [2.75, 3.05) is 13.7 Å². The highest BCUT2D eigenvalue weighted by Crippen LogP contribution is 2.52. The molecule has 2 N–H and O–H groups in total. The van der Waals surface area contributed by atoms with E-state index in [4.69, 9.17) is 14.6 Å². The molecule has 4 rings (SSSR count). The van der Waals surface area contributed by atoms with Crippen LogP contribution >= 0.6 is 0 Å². The lowest BCUT2D eigenvalue weighted by atomic mass is 9.68. The fourth-order valence-corrected chi connectivity index (χ4v) is 6.13. The topological polar surface area (TPSA) is 95.9 Å². The van der Waals surface area contributed by atoms with Crippen molar-refractivity contribution in [1.82, 2.24) is 10.2 Å². The lowest BCUT2D eigenvalue weighted by Crippen LogP contribution is -2.58. The van der Waals surface area contributed by atoms with Crippen molar-refractivity contribution in [3.05, 3.63) is 35.9 Å². The first-order valence-corrected chi connectivity index (χ1v) is 11.1. The predicted octanol–water partition coefficient (Wildman–Crippen LogP) is 2.77. The van der Waals surface area contributed by atoms with Crippen LogP contribution in [0.4, 0.5) is 0 Å². The van der Waals surface area contributed by atoms with Crippen molar-refractivity contribution >= 4 is 18.3 Å². The summed E-state index contributed by atoms with van der Waals surface area (Å²) in [6.45, 7) is 1.95. The van der Waals surface area contributed by atoms with Crippen LogP contribution in [0.1, 0.15) is 57.4 Å². The van der Waals surface area contributed by atoms with Gasteiger partial charge in [0, 0.05) is 26.1 Å². The van der Waals surface area contributed by atoms with E-state index in [1.165, 1.54) is 5.56 Å². The summed E-state index contributed by atoms with van der Waals surface area (Å²) in [4.78, 5) is 36.6. The minimum absolute atomic E-state index is 0.00351. The molecule has 0 unspecified atom stereocenters. The molecule has 3 fully saturated rings. The SMILES string of the molecule is COCC1(NC(=O)[C@]2(Cc3ccccc3)C[C@@H]3CC[C@H]2N3C(C)=O)CCCC1.O=CO. The molecule has 0 aromatic heterocycles. The molecule has 1 aromatic rings. The average molecular weight is 431 g/mol. The fraction of sp³-hybridized carbons (Fsp3) is 0.625. The van der Waals surface area contributed by atoms with Crippen LogP contribution in [0.15, 0.2) is 30.3 Å². The monoisotopic (exact) mass is 430 g/mol. The van der Waals surface area contributed by atoms with Crippen LogP contribution in [0.3, 0.4) is 0 Å². The van der Waals surface area contributed by atoms with E-state index in [0.29, 0.717) is 13.0 Å². The van der Waals surface area contributed by atoms with Crippen LogP contribution in [-0.4, -0.2) is 59.6 Å². The Morgan fingerprint density at radius 2 is 1.87 bits per heavy atom. The van der Waals surface area contributed by atoms with Gasteiger partial charge in [-0.2, -0.15) is 0 Å². The molecule has 1 aromatic carbocycles. The lowest BCUT2D eigenvalue weighted by Gasteiger charge is -2.40. The maximum absolute atomic E-state index is 13.9. The van der Waals surface area contributed by atoms with Crippen molar-refractivity contribution in [1.29, 1.82) is 0 Å². The van der Waals surface area contributed by atoms with Crippen LogP contribution in [0.25, 0.3) is 0 Å². The number of carbonyl (C=O) groups is 3. The van der Waals surface area contributed by atoms with Crippen molar-refractivity contribution in [2.45, 2.75) is 75.9 Å². The van der Waals surface area contributed by atoms with Crippen molar-refractivity contribution in [3.8, 4) is 0 Å². The number of hydrogen-bond acceptors (Lipinski definition) is 4. The van der Waals surface area contributed by atoms with E-state index in [2.05, 4.69) is 17.4 Å². The maximum atomic E-state index is 13.9. The smallest absolute Gasteiger partial charge is 0.290 e. The van der Waals surface area contributed by atoms with Gasteiger partial charge in [0.25, 0.3) is 6.47 Å². The van der Waals surface area contributed by atoms with E-state index < -0.39 is 5.41 Å². The Morgan fingerprint density at radius 1 is 1.23 bits per heavy atom. The molecule has 2 amide bonds. The first-order chi connectivity index (χ1) is 14.9. The summed E-state index contributed by atoms with van der Waals surface area (Å²) in [6.07, 6.45) is 7.58. The minimum Gasteiger partial charge on any atom is -0.483 e. The molecule has 7 nitrogen and oxygen atoms in total. The van der Waals surface area contributed by atoms with E-state index >= 15 is 0 Å². The highest BCUT2D eigenvalue weighted by molar-refractivity contribution is 5.87. The van der Waals surface area contributed by atoms with Gasteiger partial charge in [-0.25, -0.2) is 0 Å². The zero-order valence-corrected chi connectivity index (χ0v) is 18.5. The molecular formula is C24H34N2O5. The Kier molecular flexibility index (Phi) is 7.36. The first-order valence-electron chi connectivity index (χ1n) is 11.1. The second-order valence-corrected chi connectivity index (χ2v) is 9.18. The number of nitrogens with one attached hydrogen (secondary N) is 1. The summed E-state index contributed by atoms with van der Waals surface area (Å²) in [5, 5.41) is 10.3. The average Bonchev–Trinajstić information content (AvgIpc) is 3.44. The number of ether oxygens (including phenoxy) is 1. The summed E-state index contributed by atoms with van der Waals surface area (Å²) >= 11 is 0. The molecule has 1 aliphatic carbocycles. The van der Waals surface area contributed by atoms with E-state index in [1.54, 1.807) is 14.0 Å². The Balaban J connectivity index is 0.000000858. The van der Waals surface area contributed by atoms with Gasteiger partial charge < -0.3 is 20.1 Å². The minimum atomic E-state index is -0.542. The number of rotatable bonds is 6. The number of carbonyl (C=O) groups excluding carboxylic acids is 2. The molecule has 170 valence electrons. The highest BCUT2D eigenvalue weighted by atomic mass is 16.5. The molecule has 2 saturated heterocycles. The molecule has 31 heavy (non-hydrogen) atoms. The number of methoxy groups -OCH3 is 1. The molecule has 2 aliphatic heterocycles. The van der Waals surface area contributed by atoms with Crippen LogP contribution in [0.2, 0.25) is 0 Å². The van der Waals surface area contributed by atoms with Gasteiger partial charge in [-0.05, 0) is 44.1 Å². The summed E-state index contributed by atoms with van der Waals surface area (Å²) in [6, 6.07) is 10.4. The third-order valence-electron chi connectivity index (χ3n) is 7.28. The largest absolute Gasteiger partial charge is 0.483 e. The Hall–Kier alpha value is -2.41. The normalized spacial score (nSPS) is 28.0. The molecule has 0 radical (unpaired) electrons. The van der Waals surface area contributed by atoms with Crippen LogP contribution in [-0.2, 0) is 25.5 Å². The van der Waals surface area contributed by atoms with Gasteiger partial charge in [0.2, 0.25) is 11.8 Å². The summed E-state index contributed by atoms with van der Waals surface area (Å²) in [7, 11) is 1.71. The Labute approximate surface area is 184 Å². The highest BCUT2D eigenvalue weighted by Gasteiger charge is 2.61. The standard InChI is InChI=1S/C23H32N2O3.CH2O2/c1-17(26)25-19-10-11-20(25)23(15-19,14-18-8-4-3-5-9-18)21(27)24-22(16-28-2)12-6-7-13-22;2-1-3/h3-5,8-9,19-20H,6-7,10-16H2,1-2H3,(H,24,27);1H,(H,2,3)/t19-,20+,23+;/m0./s1. The molecule has 2 heterocycles. The predicted molar refractivity (Wildman–Crippen MR) is 116 cm³/mol. The zero-order chi connectivity index (χ0) is 22.5. The number of benzene rings is 1. The fourth-order valence-electron chi connectivity index (χ4n) is 6.13. The second kappa shape index (κ2) is 9.81. The summed E-state index contributed by atoms with van der Waals surface area (Å²) in [5.74, 6) is 0.219. The van der Waals surface area contributed by atoms with Gasteiger partial charge in [-0.3, -0.25) is 14.4 Å². The van der Waals surface area contributed by atoms with Crippen molar-refractivity contribution < 1.29 is 24.2 Å². The molecule has 3 atom stereocenters. The lowest BCUT2D eigenvalue weighted by molar-refractivity contribution is -0.137. The van der Waals surface area contributed by atoms with Crippen molar-refractivity contribution in [3.63, 3.8) is 0 Å². The number of fused-ring (bicyclic) bond motifs is 2. The number of nitrogens with zero attached hydrogens (tertiary/aromatic N) is 1. The van der Waals surface area contributed by atoms with Gasteiger partial charge in [-0.1, -0.05) is 43.2 Å². The van der Waals surface area contributed by atoms with E-state index in [0.717, 1.165) is 44.9 Å². The van der Waals surface area contributed by atoms with E-state index in [9.17, 15) is 9.59 Å². The molecular weight excluding hydrogens is 396 g/mol. The third kappa shape index (κ3) is 4.61. The number of amides is 2. The summed E-state index contributed by atoms with van der Waals surface area (Å²) < 4.78 is 5.49. The number of hydrogen-bond donors (Lipinski definition) is 2.